The number of piperidine rings is 1. The van der Waals surface area contributed by atoms with E-state index in [0.29, 0.717) is 6.61 Å². The lowest BCUT2D eigenvalue weighted by Crippen LogP contribution is -2.53. The molecule has 3 heteroatoms. The van der Waals surface area contributed by atoms with E-state index in [1.807, 2.05) is 54.6 Å². The van der Waals surface area contributed by atoms with Gasteiger partial charge in [-0.1, -0.05) is 91.0 Å². The quantitative estimate of drug-likeness (QED) is 0.628. The predicted octanol–water partition coefficient (Wildman–Crippen LogP) is 5.09. The molecule has 0 N–H and O–H groups in total. The van der Waals surface area contributed by atoms with Crippen LogP contribution in [0.2, 0.25) is 0 Å². The first-order valence-corrected chi connectivity index (χ1v) is 10.4. The Morgan fingerprint density at radius 1 is 0.862 bits per heavy atom. The average Bonchev–Trinajstić information content (AvgIpc) is 3.19. The number of fused-ring (bicyclic) bond motifs is 1. The molecule has 1 amide bonds. The zero-order chi connectivity index (χ0) is 19.7. The van der Waals surface area contributed by atoms with Gasteiger partial charge in [0.05, 0.1) is 12.6 Å². The highest BCUT2D eigenvalue weighted by Crippen LogP contribution is 2.51. The summed E-state index contributed by atoms with van der Waals surface area (Å²) in [5.41, 5.74) is 2.77. The van der Waals surface area contributed by atoms with Gasteiger partial charge in [-0.3, -0.25) is 4.79 Å². The molecule has 0 radical (unpaired) electrons. The van der Waals surface area contributed by atoms with Gasteiger partial charge in [-0.2, -0.15) is 0 Å². The molecule has 2 heterocycles. The molecule has 0 unspecified atom stereocenters. The minimum Gasteiger partial charge on any atom is -0.349 e. The zero-order valence-corrected chi connectivity index (χ0v) is 16.4. The monoisotopic (exact) mass is 383 g/mol. The minimum atomic E-state index is -0.661. The summed E-state index contributed by atoms with van der Waals surface area (Å²) in [5, 5.41) is 0. The molecule has 3 aromatic rings. The lowest BCUT2D eigenvalue weighted by atomic mass is 9.82. The smallest absolute Gasteiger partial charge is 0.229 e. The van der Waals surface area contributed by atoms with E-state index in [1.165, 1.54) is 5.56 Å². The highest BCUT2D eigenvalue weighted by atomic mass is 16.5. The van der Waals surface area contributed by atoms with Crippen molar-refractivity contribution in [3.8, 4) is 0 Å². The summed E-state index contributed by atoms with van der Waals surface area (Å²) in [7, 11) is 0. The molecule has 3 atom stereocenters. The van der Waals surface area contributed by atoms with Gasteiger partial charge >= 0.3 is 0 Å². The number of rotatable bonds is 4. The normalized spacial score (nSPS) is 26.3. The molecule has 5 rings (SSSR count). The maximum Gasteiger partial charge on any atom is 0.229 e. The van der Waals surface area contributed by atoms with E-state index >= 15 is 0 Å². The topological polar surface area (TPSA) is 29.5 Å². The summed E-state index contributed by atoms with van der Waals surface area (Å²) in [6.45, 7) is 0.530. The third-order valence-electron chi connectivity index (χ3n) is 6.33. The maximum atomic E-state index is 13.8. The SMILES string of the molecule is O=C1[C@@H](Cc2ccccc2)CC[C@]2(c3ccccc3)OC[C@@H](c3ccccc3)N12. The second-order valence-corrected chi connectivity index (χ2v) is 8.02. The number of benzene rings is 3. The first kappa shape index (κ1) is 18.1. The van der Waals surface area contributed by atoms with E-state index in [0.717, 1.165) is 30.4 Å². The minimum absolute atomic E-state index is 0.0119. The van der Waals surface area contributed by atoms with Crippen LogP contribution < -0.4 is 0 Å². The second-order valence-electron chi connectivity index (χ2n) is 8.02. The van der Waals surface area contributed by atoms with Crippen LogP contribution in [0.4, 0.5) is 0 Å². The highest BCUT2D eigenvalue weighted by molar-refractivity contribution is 5.82. The van der Waals surface area contributed by atoms with E-state index in [9.17, 15) is 4.79 Å². The summed E-state index contributed by atoms with van der Waals surface area (Å²) in [6, 6.07) is 30.8. The largest absolute Gasteiger partial charge is 0.349 e. The third kappa shape index (κ3) is 3.16. The number of hydrogen-bond donors (Lipinski definition) is 0. The number of ether oxygens (including phenoxy) is 1. The van der Waals surface area contributed by atoms with Crippen LogP contribution in [-0.4, -0.2) is 17.4 Å². The van der Waals surface area contributed by atoms with Crippen molar-refractivity contribution in [1.29, 1.82) is 0 Å². The number of carbonyl (C=O) groups excluding carboxylic acids is 1. The Balaban J connectivity index is 1.53. The second kappa shape index (κ2) is 7.49. The van der Waals surface area contributed by atoms with Gasteiger partial charge in [-0.05, 0) is 24.0 Å². The molecule has 2 saturated heterocycles. The van der Waals surface area contributed by atoms with Gasteiger partial charge < -0.3 is 9.64 Å². The number of nitrogens with zero attached hydrogens (tertiary/aromatic N) is 1. The fraction of sp³-hybridized carbons (Fsp3) is 0.269. The van der Waals surface area contributed by atoms with E-state index in [1.54, 1.807) is 0 Å². The van der Waals surface area contributed by atoms with Crippen molar-refractivity contribution in [3.63, 3.8) is 0 Å². The van der Waals surface area contributed by atoms with Crippen molar-refractivity contribution in [3.05, 3.63) is 108 Å². The first-order chi connectivity index (χ1) is 14.3. The number of carbonyl (C=O) groups is 1. The van der Waals surface area contributed by atoms with Crippen LogP contribution in [0.1, 0.15) is 35.6 Å². The predicted molar refractivity (Wildman–Crippen MR) is 113 cm³/mol. The van der Waals surface area contributed by atoms with Crippen molar-refractivity contribution >= 4 is 5.91 Å². The Morgan fingerprint density at radius 2 is 1.48 bits per heavy atom. The molecule has 0 spiro atoms. The van der Waals surface area contributed by atoms with Crippen LogP contribution in [0.5, 0.6) is 0 Å². The molecule has 29 heavy (non-hydrogen) atoms. The lowest BCUT2D eigenvalue weighted by molar-refractivity contribution is -0.170. The zero-order valence-electron chi connectivity index (χ0n) is 16.4. The fourth-order valence-corrected chi connectivity index (χ4v) is 4.90. The van der Waals surface area contributed by atoms with Gasteiger partial charge in [-0.25, -0.2) is 0 Å². The van der Waals surface area contributed by atoms with Gasteiger partial charge in [0.2, 0.25) is 5.91 Å². The van der Waals surface area contributed by atoms with Crippen LogP contribution in [0, 0.1) is 5.92 Å². The van der Waals surface area contributed by atoms with Crippen molar-refractivity contribution in [2.24, 2.45) is 5.92 Å². The molecule has 146 valence electrons. The summed E-state index contributed by atoms with van der Waals surface area (Å²) in [6.07, 6.45) is 2.44. The van der Waals surface area contributed by atoms with Gasteiger partial charge in [-0.15, -0.1) is 0 Å². The Hall–Kier alpha value is -2.91. The summed E-state index contributed by atoms with van der Waals surface area (Å²) in [5.74, 6) is 0.192. The van der Waals surface area contributed by atoms with Crippen LogP contribution in [0.25, 0.3) is 0 Å². The maximum absolute atomic E-state index is 13.8. The Bertz CT molecular complexity index is 973. The van der Waals surface area contributed by atoms with Gasteiger partial charge in [0.15, 0.2) is 5.72 Å². The Morgan fingerprint density at radius 3 is 2.17 bits per heavy atom. The van der Waals surface area contributed by atoms with E-state index in [2.05, 4.69) is 41.3 Å². The van der Waals surface area contributed by atoms with Crippen LogP contribution in [0.15, 0.2) is 91.0 Å². The van der Waals surface area contributed by atoms with Crippen molar-refractivity contribution in [2.75, 3.05) is 6.61 Å². The van der Waals surface area contributed by atoms with Crippen LogP contribution in [-0.2, 0) is 21.7 Å². The number of amides is 1. The van der Waals surface area contributed by atoms with E-state index in [4.69, 9.17) is 4.74 Å². The molecule has 0 bridgehead atoms. The van der Waals surface area contributed by atoms with Crippen LogP contribution >= 0.6 is 0 Å². The molecule has 0 aliphatic carbocycles. The van der Waals surface area contributed by atoms with E-state index in [-0.39, 0.29) is 17.9 Å². The summed E-state index contributed by atoms with van der Waals surface area (Å²) in [4.78, 5) is 15.9. The lowest BCUT2D eigenvalue weighted by Gasteiger charge is -2.45. The van der Waals surface area contributed by atoms with Gasteiger partial charge in [0.25, 0.3) is 0 Å². The van der Waals surface area contributed by atoms with Crippen molar-refractivity contribution < 1.29 is 9.53 Å². The summed E-state index contributed by atoms with van der Waals surface area (Å²) < 4.78 is 6.47. The number of hydrogen-bond acceptors (Lipinski definition) is 2. The molecule has 2 aliphatic rings. The first-order valence-electron chi connectivity index (χ1n) is 10.4. The molecule has 2 aliphatic heterocycles. The van der Waals surface area contributed by atoms with Crippen molar-refractivity contribution in [1.82, 2.24) is 4.90 Å². The van der Waals surface area contributed by atoms with E-state index < -0.39 is 5.72 Å². The fourth-order valence-electron chi connectivity index (χ4n) is 4.90. The molecule has 3 nitrogen and oxygen atoms in total. The highest BCUT2D eigenvalue weighted by Gasteiger charge is 2.55. The standard InChI is InChI=1S/C26H25NO2/c28-25-22(18-20-10-4-1-5-11-20)16-17-26(23-14-8-3-9-15-23)27(25)24(19-29-26)21-12-6-2-7-13-21/h1-15,22,24H,16-19H2/t22-,24+,26-/m1/s1. The molecule has 3 aromatic carbocycles. The average molecular weight is 383 g/mol. The molecular formula is C26H25NO2. The molecular weight excluding hydrogens is 358 g/mol. The summed E-state index contributed by atoms with van der Waals surface area (Å²) >= 11 is 0. The van der Waals surface area contributed by atoms with Gasteiger partial charge in [0.1, 0.15) is 0 Å². The van der Waals surface area contributed by atoms with Crippen LogP contribution in [0.3, 0.4) is 0 Å². The van der Waals surface area contributed by atoms with Crippen molar-refractivity contribution in [2.45, 2.75) is 31.0 Å². The molecule has 2 fully saturated rings. The molecule has 0 aromatic heterocycles. The Kier molecular flexibility index (Phi) is 4.69. The Labute approximate surface area is 171 Å². The van der Waals surface area contributed by atoms with Gasteiger partial charge in [0, 0.05) is 17.9 Å². The molecule has 0 saturated carbocycles. The third-order valence-corrected chi connectivity index (χ3v) is 6.33.